The molecule has 0 saturated carbocycles. The molecular formula is C14H17N5O2. The average Bonchev–Trinajstić information content (AvgIpc) is 2.79. The van der Waals surface area contributed by atoms with E-state index in [0.29, 0.717) is 17.3 Å². The fourth-order valence-electron chi connectivity index (χ4n) is 2.95. The van der Waals surface area contributed by atoms with E-state index in [2.05, 4.69) is 9.97 Å². The Morgan fingerprint density at radius 3 is 2.43 bits per heavy atom. The lowest BCUT2D eigenvalue weighted by molar-refractivity contribution is -0.137. The first kappa shape index (κ1) is 13.5. The second kappa shape index (κ2) is 4.28. The van der Waals surface area contributed by atoms with E-state index in [9.17, 15) is 9.59 Å². The van der Waals surface area contributed by atoms with Gasteiger partial charge in [-0.05, 0) is 26.3 Å². The molecule has 110 valence electrons. The van der Waals surface area contributed by atoms with Crippen LogP contribution in [0.15, 0.2) is 0 Å². The molecule has 0 radical (unpaired) electrons. The minimum Gasteiger partial charge on any atom is -0.383 e. The van der Waals surface area contributed by atoms with Crippen molar-refractivity contribution < 1.29 is 9.59 Å². The first-order chi connectivity index (χ1) is 9.82. The van der Waals surface area contributed by atoms with Crippen molar-refractivity contribution in [1.82, 2.24) is 19.4 Å². The molecule has 21 heavy (non-hydrogen) atoms. The first-order valence-electron chi connectivity index (χ1n) is 6.74. The van der Waals surface area contributed by atoms with Gasteiger partial charge in [-0.25, -0.2) is 9.97 Å². The number of nitrogen functional groups attached to an aromatic ring is 1. The Hall–Kier alpha value is -2.44. The van der Waals surface area contributed by atoms with Crippen molar-refractivity contribution in [2.45, 2.75) is 33.2 Å². The summed E-state index contributed by atoms with van der Waals surface area (Å²) < 4.78 is 1.82. The van der Waals surface area contributed by atoms with Gasteiger partial charge in [0.25, 0.3) is 5.91 Å². The van der Waals surface area contributed by atoms with Crippen LogP contribution in [0.25, 0.3) is 11.0 Å². The number of aromatic nitrogens is 3. The zero-order valence-electron chi connectivity index (χ0n) is 12.5. The van der Waals surface area contributed by atoms with Crippen molar-refractivity contribution in [3.8, 4) is 0 Å². The van der Waals surface area contributed by atoms with Gasteiger partial charge >= 0.3 is 0 Å². The number of fused-ring (bicyclic) bond motifs is 1. The molecule has 1 fully saturated rings. The van der Waals surface area contributed by atoms with Crippen LogP contribution in [0.1, 0.15) is 29.5 Å². The molecule has 0 aliphatic carbocycles. The van der Waals surface area contributed by atoms with Crippen LogP contribution in [0.5, 0.6) is 0 Å². The third kappa shape index (κ3) is 1.73. The minimum absolute atomic E-state index is 0.155. The summed E-state index contributed by atoms with van der Waals surface area (Å²) in [6.45, 7) is 5.58. The van der Waals surface area contributed by atoms with E-state index in [-0.39, 0.29) is 18.2 Å². The van der Waals surface area contributed by atoms with Gasteiger partial charge in [-0.15, -0.1) is 0 Å². The van der Waals surface area contributed by atoms with Crippen LogP contribution in [0.3, 0.4) is 0 Å². The monoisotopic (exact) mass is 287 g/mol. The van der Waals surface area contributed by atoms with Crippen molar-refractivity contribution in [3.05, 3.63) is 17.1 Å². The number of aryl methyl sites for hydroxylation is 2. The zero-order valence-corrected chi connectivity index (χ0v) is 12.5. The molecule has 2 aromatic heterocycles. The maximum atomic E-state index is 12.3. The molecule has 0 bridgehead atoms. The average molecular weight is 287 g/mol. The molecule has 1 unspecified atom stereocenters. The second-order valence-electron chi connectivity index (χ2n) is 5.45. The number of carbonyl (C=O) groups is 2. The molecule has 2 N–H and O–H groups in total. The van der Waals surface area contributed by atoms with Crippen LogP contribution in [-0.4, -0.2) is 38.3 Å². The van der Waals surface area contributed by atoms with Crippen molar-refractivity contribution >= 4 is 28.7 Å². The number of imide groups is 1. The fourth-order valence-corrected chi connectivity index (χ4v) is 2.95. The van der Waals surface area contributed by atoms with Crippen molar-refractivity contribution in [3.63, 3.8) is 0 Å². The smallest absolute Gasteiger partial charge is 0.252 e. The SMILES string of the molecule is Cc1nc(N)c2c(C)c(C)n(C3CC(=O)N(C)C3=O)c2n1. The standard InChI is InChI=1S/C14H17N5O2/c1-6-7(2)19(9-5-10(20)18(4)14(9)21)13-11(6)12(15)16-8(3)17-13/h9H,5H2,1-4H3,(H2,15,16,17). The van der Waals surface area contributed by atoms with Crippen molar-refractivity contribution in [2.75, 3.05) is 12.8 Å². The molecule has 7 heteroatoms. The Balaban J connectivity index is 2.31. The van der Waals surface area contributed by atoms with E-state index in [1.807, 2.05) is 18.4 Å². The molecule has 3 rings (SSSR count). The predicted molar refractivity (Wildman–Crippen MR) is 77.6 cm³/mol. The van der Waals surface area contributed by atoms with Crippen molar-refractivity contribution in [2.24, 2.45) is 0 Å². The number of likely N-dealkylation sites (N-methyl/N-ethyl adjacent to an activating group) is 1. The number of likely N-dealkylation sites (tertiary alicyclic amines) is 1. The molecule has 1 saturated heterocycles. The number of amides is 2. The third-order valence-corrected chi connectivity index (χ3v) is 4.21. The number of hydrogen-bond donors (Lipinski definition) is 1. The topological polar surface area (TPSA) is 94.1 Å². The number of hydrogen-bond acceptors (Lipinski definition) is 5. The van der Waals surface area contributed by atoms with E-state index < -0.39 is 6.04 Å². The molecule has 0 aromatic carbocycles. The normalized spacial score (nSPS) is 19.0. The summed E-state index contributed by atoms with van der Waals surface area (Å²) in [5.41, 5.74) is 8.45. The van der Waals surface area contributed by atoms with Crippen LogP contribution in [-0.2, 0) is 9.59 Å². The minimum atomic E-state index is -0.549. The van der Waals surface area contributed by atoms with Gasteiger partial charge in [0.2, 0.25) is 5.91 Å². The summed E-state index contributed by atoms with van der Waals surface area (Å²) in [4.78, 5) is 33.9. The lowest BCUT2D eigenvalue weighted by Crippen LogP contribution is -2.27. The molecule has 1 atom stereocenters. The van der Waals surface area contributed by atoms with Gasteiger partial charge in [0.05, 0.1) is 11.8 Å². The molecule has 0 spiro atoms. The van der Waals surface area contributed by atoms with Gasteiger partial charge < -0.3 is 10.3 Å². The highest BCUT2D eigenvalue weighted by Gasteiger charge is 2.39. The summed E-state index contributed by atoms with van der Waals surface area (Å²) in [7, 11) is 1.51. The maximum absolute atomic E-state index is 12.3. The molecule has 1 aliphatic heterocycles. The van der Waals surface area contributed by atoms with Crippen LogP contribution in [0, 0.1) is 20.8 Å². The summed E-state index contributed by atoms with van der Waals surface area (Å²) in [6.07, 6.45) is 0.155. The van der Waals surface area contributed by atoms with Gasteiger partial charge in [0.15, 0.2) is 0 Å². The lowest BCUT2D eigenvalue weighted by atomic mass is 10.2. The fraction of sp³-hybridized carbons (Fsp3) is 0.429. The third-order valence-electron chi connectivity index (χ3n) is 4.21. The van der Waals surface area contributed by atoms with E-state index >= 15 is 0 Å². The van der Waals surface area contributed by atoms with Gasteiger partial charge in [0, 0.05) is 12.7 Å². The highest BCUT2D eigenvalue weighted by Crippen LogP contribution is 2.34. The molecule has 2 amide bonds. The van der Waals surface area contributed by atoms with Gasteiger partial charge in [-0.3, -0.25) is 14.5 Å². The van der Waals surface area contributed by atoms with Gasteiger partial charge in [-0.1, -0.05) is 0 Å². The summed E-state index contributed by atoms with van der Waals surface area (Å²) in [6, 6.07) is -0.549. The quantitative estimate of drug-likeness (QED) is 0.785. The number of anilines is 1. The largest absolute Gasteiger partial charge is 0.383 e. The molecular weight excluding hydrogens is 270 g/mol. The number of carbonyl (C=O) groups excluding carboxylic acids is 2. The van der Waals surface area contributed by atoms with Crippen molar-refractivity contribution in [1.29, 1.82) is 0 Å². The van der Waals surface area contributed by atoms with E-state index in [1.165, 1.54) is 11.9 Å². The second-order valence-corrected chi connectivity index (χ2v) is 5.45. The maximum Gasteiger partial charge on any atom is 0.252 e. The van der Waals surface area contributed by atoms with Crippen LogP contribution in [0.2, 0.25) is 0 Å². The Morgan fingerprint density at radius 2 is 1.86 bits per heavy atom. The Morgan fingerprint density at radius 1 is 1.19 bits per heavy atom. The van der Waals surface area contributed by atoms with E-state index in [4.69, 9.17) is 5.73 Å². The summed E-state index contributed by atoms with van der Waals surface area (Å²) in [5.74, 6) is 0.559. The van der Waals surface area contributed by atoms with Crippen LogP contribution >= 0.6 is 0 Å². The molecule has 7 nitrogen and oxygen atoms in total. The van der Waals surface area contributed by atoms with E-state index in [0.717, 1.165) is 16.6 Å². The van der Waals surface area contributed by atoms with E-state index in [1.54, 1.807) is 6.92 Å². The summed E-state index contributed by atoms with van der Waals surface area (Å²) in [5, 5.41) is 0.757. The number of nitrogens with zero attached hydrogens (tertiary/aromatic N) is 4. The summed E-state index contributed by atoms with van der Waals surface area (Å²) >= 11 is 0. The molecule has 3 heterocycles. The molecule has 2 aromatic rings. The van der Waals surface area contributed by atoms with Gasteiger partial charge in [-0.2, -0.15) is 0 Å². The Labute approximate surface area is 121 Å². The van der Waals surface area contributed by atoms with Crippen LogP contribution < -0.4 is 5.73 Å². The lowest BCUT2D eigenvalue weighted by Gasteiger charge is -2.14. The van der Waals surface area contributed by atoms with Crippen LogP contribution in [0.4, 0.5) is 5.82 Å². The number of rotatable bonds is 1. The number of nitrogens with two attached hydrogens (primary N) is 1. The molecule has 1 aliphatic rings. The Kier molecular flexibility index (Phi) is 2.76. The van der Waals surface area contributed by atoms with Gasteiger partial charge in [0.1, 0.15) is 23.3 Å². The predicted octanol–water partition coefficient (Wildman–Crippen LogP) is 0.869. The zero-order chi connectivity index (χ0) is 15.5. The first-order valence-corrected chi connectivity index (χ1v) is 6.74. The highest BCUT2D eigenvalue weighted by atomic mass is 16.2. The Bertz CT molecular complexity index is 792. The highest BCUT2D eigenvalue weighted by molar-refractivity contribution is 6.05.